The summed E-state index contributed by atoms with van der Waals surface area (Å²) in [6.45, 7) is 0. The first kappa shape index (κ1) is 24.1. The van der Waals surface area contributed by atoms with Crippen LogP contribution in [0.5, 0.6) is 0 Å². The first-order valence-electron chi connectivity index (χ1n) is 25.7. The second-order valence-electron chi connectivity index (χ2n) is 14.0. The fourth-order valence-electron chi connectivity index (χ4n) is 7.36. The van der Waals surface area contributed by atoms with Crippen LogP contribution in [0.1, 0.15) is 17.8 Å². The Bertz CT molecular complexity index is 3640. The van der Waals surface area contributed by atoms with Crippen molar-refractivity contribution in [2.45, 2.75) is 0 Å². The van der Waals surface area contributed by atoms with Crippen LogP contribution < -0.4 is 4.90 Å². The molecule has 0 saturated carbocycles. The first-order chi connectivity index (χ1) is 34.7. The molecule has 0 atom stereocenters. The Balaban J connectivity index is 1.18. The predicted molar refractivity (Wildman–Crippen MR) is 251 cm³/mol. The maximum Gasteiger partial charge on any atom is 0.0645 e. The number of fused-ring (bicyclic) bond motifs is 1. The lowest BCUT2D eigenvalue weighted by atomic mass is 9.93. The van der Waals surface area contributed by atoms with Crippen LogP contribution in [0.4, 0.5) is 17.1 Å². The second kappa shape index (κ2) is 16.0. The monoisotopic (exact) mass is 764 g/mol. The highest BCUT2D eigenvalue weighted by Gasteiger charge is 2.15. The topological polar surface area (TPSA) is 3.24 Å². The van der Waals surface area contributed by atoms with Gasteiger partial charge in [-0.25, -0.2) is 0 Å². The Kier molecular flexibility index (Phi) is 6.55. The van der Waals surface area contributed by atoms with Crippen molar-refractivity contribution in [3.63, 3.8) is 0 Å². The average molecular weight is 765 g/mol. The molecule has 0 amide bonds. The molecule has 0 spiro atoms. The summed E-state index contributed by atoms with van der Waals surface area (Å²) in [6, 6.07) is 45.8. The standard InChI is InChI=1S/C58H41N/c1-4-14-42(15-5-1)45-26-32-54(33-27-45)59(55-34-28-46(29-35-55)49-22-12-23-50(38-49)58-25-13-21-48-20-10-11-24-57(48)58)56-36-30-47(31-37-56)53-40-51(43-16-6-2-7-17-43)39-52(41-53)44-18-8-3-9-19-44/h1-41H/i1D,4D,5D,14D,15D,26D,27D,28D,29D,32D,33D,34D,35D. The predicted octanol–water partition coefficient (Wildman–Crippen LogP) is 16.3. The third-order valence-electron chi connectivity index (χ3n) is 10.3. The van der Waals surface area contributed by atoms with Crippen molar-refractivity contribution >= 4 is 27.8 Å². The molecule has 10 rings (SSSR count). The van der Waals surface area contributed by atoms with E-state index in [9.17, 15) is 11.0 Å². The number of hydrogen-bond acceptors (Lipinski definition) is 1. The molecule has 0 aliphatic rings. The van der Waals surface area contributed by atoms with Crippen LogP contribution in [0, 0.1) is 0 Å². The minimum atomic E-state index is -0.741. The summed E-state index contributed by atoms with van der Waals surface area (Å²) in [7, 11) is 0. The van der Waals surface area contributed by atoms with Gasteiger partial charge >= 0.3 is 0 Å². The molecule has 1 heteroatoms. The van der Waals surface area contributed by atoms with E-state index in [0.29, 0.717) is 5.56 Å². The molecule has 0 aliphatic carbocycles. The van der Waals surface area contributed by atoms with Crippen LogP contribution in [-0.2, 0) is 0 Å². The van der Waals surface area contributed by atoms with Crippen molar-refractivity contribution in [1.82, 2.24) is 0 Å². The third-order valence-corrected chi connectivity index (χ3v) is 10.3. The molecule has 0 unspecified atom stereocenters. The van der Waals surface area contributed by atoms with Crippen molar-refractivity contribution in [2.75, 3.05) is 4.90 Å². The van der Waals surface area contributed by atoms with Crippen LogP contribution in [0.2, 0.25) is 0 Å². The van der Waals surface area contributed by atoms with Gasteiger partial charge in [-0.05, 0) is 138 Å². The lowest BCUT2D eigenvalue weighted by molar-refractivity contribution is 1.28. The molecule has 0 heterocycles. The molecule has 0 bridgehead atoms. The molecule has 0 fully saturated rings. The van der Waals surface area contributed by atoms with Gasteiger partial charge in [-0.15, -0.1) is 0 Å². The van der Waals surface area contributed by atoms with E-state index in [-0.39, 0.29) is 16.9 Å². The minimum Gasteiger partial charge on any atom is -0.311 e. The van der Waals surface area contributed by atoms with Gasteiger partial charge in [-0.1, -0.05) is 188 Å². The van der Waals surface area contributed by atoms with Crippen molar-refractivity contribution in [2.24, 2.45) is 0 Å². The summed E-state index contributed by atoms with van der Waals surface area (Å²) >= 11 is 0. The number of rotatable bonds is 9. The number of anilines is 3. The Morgan fingerprint density at radius 3 is 1.32 bits per heavy atom. The molecule has 10 aromatic carbocycles. The van der Waals surface area contributed by atoms with Crippen molar-refractivity contribution in [1.29, 1.82) is 0 Å². The minimum absolute atomic E-state index is 0.00902. The Morgan fingerprint density at radius 1 is 0.271 bits per heavy atom. The number of nitrogens with zero attached hydrogens (tertiary/aromatic N) is 1. The molecule has 0 N–H and O–H groups in total. The zero-order chi connectivity index (χ0) is 50.7. The number of benzene rings is 10. The van der Waals surface area contributed by atoms with Gasteiger partial charge in [0.1, 0.15) is 0 Å². The lowest BCUT2D eigenvalue weighted by Crippen LogP contribution is -2.09. The summed E-state index contributed by atoms with van der Waals surface area (Å²) in [4.78, 5) is 1.18. The molecule has 0 aliphatic heterocycles. The van der Waals surface area contributed by atoms with Crippen LogP contribution in [0.25, 0.3) is 77.5 Å². The maximum absolute atomic E-state index is 9.66. The first-order valence-corrected chi connectivity index (χ1v) is 19.2. The van der Waals surface area contributed by atoms with Gasteiger partial charge in [0, 0.05) is 17.1 Å². The fraction of sp³-hybridized carbons (Fsp3) is 0. The fourth-order valence-corrected chi connectivity index (χ4v) is 7.36. The van der Waals surface area contributed by atoms with E-state index in [4.69, 9.17) is 6.85 Å². The molecular formula is C58H41N. The van der Waals surface area contributed by atoms with Gasteiger partial charge in [0.15, 0.2) is 0 Å². The van der Waals surface area contributed by atoms with Crippen LogP contribution >= 0.6 is 0 Å². The third kappa shape index (κ3) is 7.46. The SMILES string of the molecule is [2H]c1c([2H])c([2H])c(-c2c([2H])c([2H])c(N(c3ccc(-c4cc(-c5ccccc5)cc(-c5ccccc5)c4)cc3)c3c([2H])c([2H])c(-c4cccc(-c5cccc6ccccc56)c4)c([2H])c3[2H])c([2H])c2[2H])c([2H])c1[2H]. The van der Waals surface area contributed by atoms with Gasteiger partial charge in [0.05, 0.1) is 17.8 Å². The molecule has 278 valence electrons. The van der Waals surface area contributed by atoms with Crippen LogP contribution in [0.3, 0.4) is 0 Å². The summed E-state index contributed by atoms with van der Waals surface area (Å²) in [5.41, 5.74) is 5.97. The van der Waals surface area contributed by atoms with Crippen molar-refractivity contribution in [3.8, 4) is 66.8 Å². The summed E-state index contributed by atoms with van der Waals surface area (Å²) in [5, 5.41) is 2.02. The van der Waals surface area contributed by atoms with E-state index < -0.39 is 95.4 Å². The van der Waals surface area contributed by atoms with Crippen molar-refractivity contribution in [3.05, 3.63) is 248 Å². The number of hydrogen-bond donors (Lipinski definition) is 0. The summed E-state index contributed by atoms with van der Waals surface area (Å²) in [6.07, 6.45) is 0. The highest BCUT2D eigenvalue weighted by atomic mass is 15.1. The molecule has 59 heavy (non-hydrogen) atoms. The van der Waals surface area contributed by atoms with E-state index in [2.05, 4.69) is 18.2 Å². The van der Waals surface area contributed by atoms with Crippen molar-refractivity contribution < 1.29 is 17.8 Å². The smallest absolute Gasteiger partial charge is 0.0645 e. The largest absolute Gasteiger partial charge is 0.311 e. The van der Waals surface area contributed by atoms with E-state index in [1.54, 1.807) is 36.4 Å². The highest BCUT2D eigenvalue weighted by Crippen LogP contribution is 2.40. The van der Waals surface area contributed by atoms with E-state index in [1.165, 1.54) is 4.90 Å². The average Bonchev–Trinajstić information content (AvgIpc) is 3.41. The quantitative estimate of drug-likeness (QED) is 0.141. The van der Waals surface area contributed by atoms with Crippen LogP contribution in [0.15, 0.2) is 248 Å². The van der Waals surface area contributed by atoms with Gasteiger partial charge in [-0.2, -0.15) is 0 Å². The second-order valence-corrected chi connectivity index (χ2v) is 14.0. The van der Waals surface area contributed by atoms with E-state index >= 15 is 0 Å². The molecule has 0 radical (unpaired) electrons. The summed E-state index contributed by atoms with van der Waals surface area (Å²) < 4.78 is 118. The lowest BCUT2D eigenvalue weighted by Gasteiger charge is -2.26. The Hall–Kier alpha value is -7.74. The Morgan fingerprint density at radius 2 is 0.712 bits per heavy atom. The molecule has 0 saturated heterocycles. The molecule has 1 nitrogen and oxygen atoms in total. The maximum atomic E-state index is 9.66. The molecule has 10 aromatic rings. The van der Waals surface area contributed by atoms with Gasteiger partial charge in [0.2, 0.25) is 0 Å². The van der Waals surface area contributed by atoms with E-state index in [1.807, 2.05) is 115 Å². The zero-order valence-electron chi connectivity index (χ0n) is 44.6. The van der Waals surface area contributed by atoms with Gasteiger partial charge in [-0.3, -0.25) is 0 Å². The molecule has 0 aromatic heterocycles. The normalized spacial score (nSPS) is 14.1. The van der Waals surface area contributed by atoms with Gasteiger partial charge < -0.3 is 4.90 Å². The summed E-state index contributed by atoms with van der Waals surface area (Å²) in [5.74, 6) is 0. The van der Waals surface area contributed by atoms with Crippen LogP contribution in [-0.4, -0.2) is 0 Å². The van der Waals surface area contributed by atoms with E-state index in [0.717, 1.165) is 55.3 Å². The molecular weight excluding hydrogens is 711 g/mol. The highest BCUT2D eigenvalue weighted by molar-refractivity contribution is 5.97. The van der Waals surface area contributed by atoms with Gasteiger partial charge in [0.25, 0.3) is 0 Å². The Labute approximate surface area is 365 Å². The zero-order valence-corrected chi connectivity index (χ0v) is 31.6.